The van der Waals surface area contributed by atoms with Gasteiger partial charge in [-0.3, -0.25) is 4.79 Å². The standard InChI is InChI=1S/C20H23N5O3S/c1-12-16(9-10-28-12)19-23-24-20(25(19)21)29-11-17(26)22-18(13-3-4-13)14-5-7-15(27-2)8-6-14/h5-10,13,18H,3-4,11,21H2,1-2H3,(H,22,26). The molecule has 9 heteroatoms. The second kappa shape index (κ2) is 8.20. The van der Waals surface area contributed by atoms with E-state index in [9.17, 15) is 4.79 Å². The smallest absolute Gasteiger partial charge is 0.230 e. The Morgan fingerprint density at radius 3 is 2.72 bits per heavy atom. The zero-order valence-corrected chi connectivity index (χ0v) is 17.1. The molecule has 29 heavy (non-hydrogen) atoms. The van der Waals surface area contributed by atoms with Gasteiger partial charge in [-0.05, 0) is 49.4 Å². The number of hydrogen-bond acceptors (Lipinski definition) is 7. The number of nitrogens with one attached hydrogen (secondary N) is 1. The Morgan fingerprint density at radius 2 is 2.10 bits per heavy atom. The highest BCUT2D eigenvalue weighted by atomic mass is 32.2. The van der Waals surface area contributed by atoms with Gasteiger partial charge in [-0.15, -0.1) is 10.2 Å². The summed E-state index contributed by atoms with van der Waals surface area (Å²) in [4.78, 5) is 12.6. The van der Waals surface area contributed by atoms with Gasteiger partial charge in [0.2, 0.25) is 11.1 Å². The van der Waals surface area contributed by atoms with Crippen molar-refractivity contribution in [2.75, 3.05) is 18.7 Å². The summed E-state index contributed by atoms with van der Waals surface area (Å²) in [6.45, 7) is 1.83. The van der Waals surface area contributed by atoms with Gasteiger partial charge < -0.3 is 20.3 Å². The lowest BCUT2D eigenvalue weighted by Crippen LogP contribution is -2.31. The number of amides is 1. The molecule has 2 aromatic heterocycles. The van der Waals surface area contributed by atoms with Crippen LogP contribution in [0.4, 0.5) is 0 Å². The average molecular weight is 414 g/mol. The molecule has 0 bridgehead atoms. The molecule has 3 aromatic rings. The lowest BCUT2D eigenvalue weighted by molar-refractivity contribution is -0.119. The van der Waals surface area contributed by atoms with Crippen molar-refractivity contribution in [1.29, 1.82) is 0 Å². The van der Waals surface area contributed by atoms with Crippen molar-refractivity contribution < 1.29 is 13.9 Å². The Balaban J connectivity index is 1.39. The molecular weight excluding hydrogens is 390 g/mol. The number of rotatable bonds is 8. The van der Waals surface area contributed by atoms with Crippen LogP contribution in [0.1, 0.15) is 30.2 Å². The number of hydrogen-bond donors (Lipinski definition) is 2. The highest BCUT2D eigenvalue weighted by Gasteiger charge is 2.33. The molecule has 1 atom stereocenters. The second-order valence-electron chi connectivity index (χ2n) is 7.01. The lowest BCUT2D eigenvalue weighted by Gasteiger charge is -2.19. The van der Waals surface area contributed by atoms with Crippen molar-refractivity contribution in [1.82, 2.24) is 20.2 Å². The van der Waals surface area contributed by atoms with Gasteiger partial charge in [-0.25, -0.2) is 4.68 Å². The minimum Gasteiger partial charge on any atom is -0.497 e. The third-order valence-electron chi connectivity index (χ3n) is 4.98. The molecule has 1 saturated carbocycles. The molecular formula is C20H23N5O3S. The monoisotopic (exact) mass is 413 g/mol. The highest BCUT2D eigenvalue weighted by molar-refractivity contribution is 7.99. The van der Waals surface area contributed by atoms with Crippen LogP contribution in [0.5, 0.6) is 5.75 Å². The van der Waals surface area contributed by atoms with Gasteiger partial charge in [0.05, 0.1) is 30.7 Å². The fourth-order valence-corrected chi connectivity index (χ4v) is 3.90. The maximum atomic E-state index is 12.6. The first kappa shape index (κ1) is 19.4. The number of furan rings is 1. The zero-order valence-electron chi connectivity index (χ0n) is 16.3. The van der Waals surface area contributed by atoms with Crippen LogP contribution >= 0.6 is 11.8 Å². The van der Waals surface area contributed by atoms with E-state index < -0.39 is 0 Å². The van der Waals surface area contributed by atoms with E-state index in [1.807, 2.05) is 31.2 Å². The summed E-state index contributed by atoms with van der Waals surface area (Å²) in [5.41, 5.74) is 1.87. The van der Waals surface area contributed by atoms with Crippen LogP contribution in [0.3, 0.4) is 0 Å². The van der Waals surface area contributed by atoms with E-state index in [1.54, 1.807) is 19.4 Å². The van der Waals surface area contributed by atoms with Gasteiger partial charge in [-0.2, -0.15) is 0 Å². The number of thioether (sulfide) groups is 1. The van der Waals surface area contributed by atoms with Gasteiger partial charge in [0.1, 0.15) is 11.5 Å². The molecule has 0 aliphatic heterocycles. The number of aryl methyl sites for hydroxylation is 1. The minimum atomic E-state index is -0.0632. The molecule has 8 nitrogen and oxygen atoms in total. The number of nitrogen functional groups attached to an aromatic ring is 1. The highest BCUT2D eigenvalue weighted by Crippen LogP contribution is 2.41. The summed E-state index contributed by atoms with van der Waals surface area (Å²) >= 11 is 1.26. The van der Waals surface area contributed by atoms with Gasteiger partial charge in [0.15, 0.2) is 5.82 Å². The number of aromatic nitrogens is 3. The average Bonchev–Trinajstić information content (AvgIpc) is 3.39. The number of methoxy groups -OCH3 is 1. The van der Waals surface area contributed by atoms with Crippen LogP contribution in [0, 0.1) is 12.8 Å². The van der Waals surface area contributed by atoms with Crippen molar-refractivity contribution in [2.45, 2.75) is 31.0 Å². The second-order valence-corrected chi connectivity index (χ2v) is 7.95. The van der Waals surface area contributed by atoms with Crippen molar-refractivity contribution in [3.63, 3.8) is 0 Å². The molecule has 1 aliphatic rings. The summed E-state index contributed by atoms with van der Waals surface area (Å²) in [7, 11) is 1.64. The molecule has 1 unspecified atom stereocenters. The molecule has 1 aliphatic carbocycles. The maximum Gasteiger partial charge on any atom is 0.230 e. The largest absolute Gasteiger partial charge is 0.497 e. The van der Waals surface area contributed by atoms with E-state index in [4.69, 9.17) is 15.0 Å². The molecule has 1 aromatic carbocycles. The summed E-state index contributed by atoms with van der Waals surface area (Å²) < 4.78 is 11.9. The van der Waals surface area contributed by atoms with E-state index >= 15 is 0 Å². The lowest BCUT2D eigenvalue weighted by atomic mass is 10.0. The first-order valence-corrected chi connectivity index (χ1v) is 10.4. The topological polar surface area (TPSA) is 108 Å². The first-order valence-electron chi connectivity index (χ1n) is 9.38. The van der Waals surface area contributed by atoms with Crippen LogP contribution in [0.15, 0.2) is 46.2 Å². The van der Waals surface area contributed by atoms with Crippen LogP contribution in [0.25, 0.3) is 11.4 Å². The number of nitrogens with zero attached hydrogens (tertiary/aromatic N) is 3. The quantitative estimate of drug-likeness (QED) is 0.432. The van der Waals surface area contributed by atoms with E-state index in [0.717, 1.165) is 29.7 Å². The van der Waals surface area contributed by atoms with Gasteiger partial charge in [-0.1, -0.05) is 23.9 Å². The first-order chi connectivity index (χ1) is 14.1. The van der Waals surface area contributed by atoms with Crippen LogP contribution < -0.4 is 15.9 Å². The Bertz CT molecular complexity index is 994. The Hall–Kier alpha value is -2.94. The van der Waals surface area contributed by atoms with Crippen LogP contribution in [-0.2, 0) is 4.79 Å². The molecule has 0 radical (unpaired) electrons. The van der Waals surface area contributed by atoms with Crippen molar-refractivity contribution in [2.24, 2.45) is 5.92 Å². The summed E-state index contributed by atoms with van der Waals surface area (Å²) in [5.74, 6) is 8.76. The fourth-order valence-electron chi connectivity index (χ4n) is 3.24. The molecule has 152 valence electrons. The zero-order chi connectivity index (χ0) is 20.4. The molecule has 3 N–H and O–H groups in total. The van der Waals surface area contributed by atoms with Crippen molar-refractivity contribution in [3.05, 3.63) is 47.9 Å². The number of ether oxygens (including phenoxy) is 1. The van der Waals surface area contributed by atoms with Gasteiger partial charge in [0, 0.05) is 0 Å². The Labute approximate surface area is 172 Å². The summed E-state index contributed by atoms with van der Waals surface area (Å²) in [6, 6.07) is 9.65. The maximum absolute atomic E-state index is 12.6. The van der Waals surface area contributed by atoms with Crippen LogP contribution in [0.2, 0.25) is 0 Å². The van der Waals surface area contributed by atoms with E-state index in [1.165, 1.54) is 16.4 Å². The Morgan fingerprint density at radius 1 is 1.34 bits per heavy atom. The van der Waals surface area contributed by atoms with Gasteiger partial charge >= 0.3 is 0 Å². The normalized spacial score (nSPS) is 14.6. The van der Waals surface area contributed by atoms with Crippen LogP contribution in [-0.4, -0.2) is 33.6 Å². The molecule has 0 spiro atoms. The number of carbonyl (C=O) groups excluding carboxylic acids is 1. The molecule has 2 heterocycles. The fraction of sp³-hybridized carbons (Fsp3) is 0.350. The number of nitrogens with two attached hydrogens (primary N) is 1. The van der Waals surface area contributed by atoms with Crippen molar-refractivity contribution in [3.8, 4) is 17.1 Å². The molecule has 1 amide bonds. The molecule has 0 saturated heterocycles. The summed E-state index contributed by atoms with van der Waals surface area (Å²) in [5, 5.41) is 11.9. The predicted octanol–water partition coefficient (Wildman–Crippen LogP) is 2.93. The van der Waals surface area contributed by atoms with Gasteiger partial charge in [0.25, 0.3) is 0 Å². The van der Waals surface area contributed by atoms with Crippen molar-refractivity contribution >= 4 is 17.7 Å². The molecule has 4 rings (SSSR count). The van der Waals surface area contributed by atoms with E-state index in [-0.39, 0.29) is 17.7 Å². The third kappa shape index (κ3) is 4.24. The Kier molecular flexibility index (Phi) is 5.48. The predicted molar refractivity (Wildman–Crippen MR) is 110 cm³/mol. The van der Waals surface area contributed by atoms with E-state index in [0.29, 0.717) is 22.7 Å². The minimum absolute atomic E-state index is 0.00823. The SMILES string of the molecule is COc1ccc(C(NC(=O)CSc2nnc(-c3ccoc3C)n2N)C2CC2)cc1. The number of benzene rings is 1. The number of carbonyl (C=O) groups is 1. The third-order valence-corrected chi connectivity index (χ3v) is 5.92. The van der Waals surface area contributed by atoms with E-state index in [2.05, 4.69) is 15.5 Å². The summed E-state index contributed by atoms with van der Waals surface area (Å²) in [6.07, 6.45) is 3.82. The molecule has 1 fully saturated rings.